The fourth-order valence-electron chi connectivity index (χ4n) is 1.79. The van der Waals surface area contributed by atoms with Crippen LogP contribution in [0.15, 0.2) is 30.5 Å². The first-order valence-corrected chi connectivity index (χ1v) is 5.55. The lowest BCUT2D eigenvalue weighted by Gasteiger charge is -2.11. The maximum absolute atomic E-state index is 5.51. The Morgan fingerprint density at radius 3 is 3.00 bits per heavy atom. The van der Waals surface area contributed by atoms with Crippen molar-refractivity contribution >= 4 is 33.8 Å². The lowest BCUT2D eigenvalue weighted by Crippen LogP contribution is -2.19. The second-order valence-electron chi connectivity index (χ2n) is 3.58. The van der Waals surface area contributed by atoms with Gasteiger partial charge in [-0.15, -0.1) is 0 Å². The number of methoxy groups -OCH3 is 1. The Kier molecular flexibility index (Phi) is 3.51. The molecular weight excluding hydrogens is 234 g/mol. The van der Waals surface area contributed by atoms with Gasteiger partial charge in [0.15, 0.2) is 5.11 Å². The van der Waals surface area contributed by atoms with Gasteiger partial charge in [0, 0.05) is 18.7 Å². The summed E-state index contributed by atoms with van der Waals surface area (Å²) in [5.41, 5.74) is 7.23. The highest BCUT2D eigenvalue weighted by Gasteiger charge is 2.07. The van der Waals surface area contributed by atoms with E-state index in [0.29, 0.717) is 6.61 Å². The molecule has 0 spiro atoms. The predicted octanol–water partition coefficient (Wildman–Crippen LogP) is 2.04. The summed E-state index contributed by atoms with van der Waals surface area (Å²) >= 11 is 4.86. The number of rotatable bonds is 3. The van der Waals surface area contributed by atoms with Crippen LogP contribution in [0.3, 0.4) is 0 Å². The predicted molar refractivity (Wildman–Crippen MR) is 72.9 cm³/mol. The fourth-order valence-corrected chi connectivity index (χ4v) is 1.90. The number of hydrogen-bond acceptors (Lipinski definition) is 3. The van der Waals surface area contributed by atoms with Crippen molar-refractivity contribution in [3.8, 4) is 0 Å². The van der Waals surface area contributed by atoms with Gasteiger partial charge in [-0.05, 0) is 29.7 Å². The summed E-state index contributed by atoms with van der Waals surface area (Å²) in [4.78, 5) is 4.32. The zero-order valence-corrected chi connectivity index (χ0v) is 10.3. The zero-order valence-electron chi connectivity index (χ0n) is 9.43. The van der Waals surface area contributed by atoms with Crippen LogP contribution in [0.4, 0.5) is 5.69 Å². The number of aromatic nitrogens is 1. The Labute approximate surface area is 105 Å². The molecule has 17 heavy (non-hydrogen) atoms. The molecule has 0 bridgehead atoms. The maximum atomic E-state index is 5.51. The Bertz CT molecular complexity index is 551. The molecule has 2 rings (SSSR count). The highest BCUT2D eigenvalue weighted by molar-refractivity contribution is 7.80. The third kappa shape index (κ3) is 2.51. The Morgan fingerprint density at radius 1 is 1.47 bits per heavy atom. The molecule has 0 amide bonds. The first-order valence-electron chi connectivity index (χ1n) is 5.14. The number of anilines is 1. The van der Waals surface area contributed by atoms with E-state index in [0.717, 1.165) is 22.2 Å². The third-order valence-electron chi connectivity index (χ3n) is 2.41. The first kappa shape index (κ1) is 11.8. The number of nitrogens with one attached hydrogen (secondary N) is 1. The van der Waals surface area contributed by atoms with Gasteiger partial charge in [0.05, 0.1) is 18.0 Å². The van der Waals surface area contributed by atoms with Gasteiger partial charge in [-0.3, -0.25) is 4.98 Å². The normalized spacial score (nSPS) is 10.4. The van der Waals surface area contributed by atoms with Crippen LogP contribution in [0.25, 0.3) is 10.8 Å². The molecule has 5 heteroatoms. The van der Waals surface area contributed by atoms with Gasteiger partial charge in [-0.2, -0.15) is 0 Å². The van der Waals surface area contributed by atoms with Gasteiger partial charge in [-0.25, -0.2) is 0 Å². The summed E-state index contributed by atoms with van der Waals surface area (Å²) in [6, 6.07) is 7.82. The summed E-state index contributed by atoms with van der Waals surface area (Å²) in [7, 11) is 1.64. The maximum Gasteiger partial charge on any atom is 0.168 e. The van der Waals surface area contributed by atoms with Crippen LogP contribution in [0.1, 0.15) is 5.69 Å². The third-order valence-corrected chi connectivity index (χ3v) is 2.51. The number of benzene rings is 1. The summed E-state index contributed by atoms with van der Waals surface area (Å²) in [5, 5.41) is 5.27. The van der Waals surface area contributed by atoms with Crippen LogP contribution in [-0.2, 0) is 11.3 Å². The fraction of sp³-hybridized carbons (Fsp3) is 0.167. The molecule has 2 aromatic rings. The number of nitrogens with zero attached hydrogens (tertiary/aromatic N) is 1. The van der Waals surface area contributed by atoms with Crippen LogP contribution in [-0.4, -0.2) is 17.2 Å². The van der Waals surface area contributed by atoms with Gasteiger partial charge in [-0.1, -0.05) is 12.1 Å². The van der Waals surface area contributed by atoms with Gasteiger partial charge < -0.3 is 15.8 Å². The highest BCUT2D eigenvalue weighted by atomic mass is 32.1. The Morgan fingerprint density at radius 2 is 2.29 bits per heavy atom. The summed E-state index contributed by atoms with van der Waals surface area (Å²) in [6.07, 6.45) is 1.77. The number of thiocarbonyl (C=S) groups is 1. The van der Waals surface area contributed by atoms with Gasteiger partial charge in [0.2, 0.25) is 0 Å². The number of ether oxygens (including phenoxy) is 1. The molecule has 0 unspecified atom stereocenters. The topological polar surface area (TPSA) is 60.2 Å². The van der Waals surface area contributed by atoms with E-state index in [1.54, 1.807) is 13.3 Å². The van der Waals surface area contributed by atoms with Crippen molar-refractivity contribution in [3.05, 3.63) is 36.2 Å². The molecule has 1 aromatic carbocycles. The minimum Gasteiger partial charge on any atom is -0.378 e. The monoisotopic (exact) mass is 247 g/mol. The van der Waals surface area contributed by atoms with Gasteiger partial charge in [0.25, 0.3) is 0 Å². The molecule has 4 nitrogen and oxygen atoms in total. The quantitative estimate of drug-likeness (QED) is 0.813. The molecule has 0 radical (unpaired) electrons. The van der Waals surface area contributed by atoms with Crippen molar-refractivity contribution < 1.29 is 4.74 Å². The Hall–Kier alpha value is -1.72. The molecule has 3 N–H and O–H groups in total. The second kappa shape index (κ2) is 5.07. The van der Waals surface area contributed by atoms with Crippen LogP contribution in [0.2, 0.25) is 0 Å². The molecule has 0 aliphatic carbocycles. The smallest absolute Gasteiger partial charge is 0.168 e. The lowest BCUT2D eigenvalue weighted by molar-refractivity contribution is 0.183. The number of fused-ring (bicyclic) bond motifs is 1. The standard InChI is InChI=1S/C12H13N3OS/c1-16-7-10-11-8(5-6-14-10)3-2-4-9(11)15-12(13)17/h2-6H,7H2,1H3,(H3,13,15,17). The number of nitrogens with two attached hydrogens (primary N) is 1. The minimum absolute atomic E-state index is 0.240. The molecule has 0 aliphatic heterocycles. The van der Waals surface area contributed by atoms with E-state index in [2.05, 4.69) is 10.3 Å². The van der Waals surface area contributed by atoms with E-state index in [1.165, 1.54) is 0 Å². The summed E-state index contributed by atoms with van der Waals surface area (Å²) < 4.78 is 5.14. The largest absolute Gasteiger partial charge is 0.378 e. The summed E-state index contributed by atoms with van der Waals surface area (Å²) in [6.45, 7) is 0.452. The van der Waals surface area contributed by atoms with Crippen LogP contribution < -0.4 is 11.1 Å². The molecule has 0 saturated heterocycles. The molecule has 0 fully saturated rings. The molecule has 1 heterocycles. The zero-order chi connectivity index (χ0) is 12.3. The summed E-state index contributed by atoms with van der Waals surface area (Å²) in [5.74, 6) is 0. The van der Waals surface area contributed by atoms with E-state index in [9.17, 15) is 0 Å². The van der Waals surface area contributed by atoms with Crippen molar-refractivity contribution in [3.63, 3.8) is 0 Å². The van der Waals surface area contributed by atoms with Crippen LogP contribution >= 0.6 is 12.2 Å². The minimum atomic E-state index is 0.240. The second-order valence-corrected chi connectivity index (χ2v) is 4.02. The number of pyridine rings is 1. The van der Waals surface area contributed by atoms with Crippen LogP contribution in [0, 0.1) is 0 Å². The van der Waals surface area contributed by atoms with Crippen molar-refractivity contribution in [2.75, 3.05) is 12.4 Å². The SMILES string of the molecule is COCc1nccc2cccc(NC(N)=S)c12. The average Bonchev–Trinajstić information content (AvgIpc) is 2.29. The molecule has 0 saturated carbocycles. The molecule has 0 aliphatic rings. The Balaban J connectivity index is 2.62. The van der Waals surface area contributed by atoms with Crippen molar-refractivity contribution in [1.82, 2.24) is 4.98 Å². The lowest BCUT2D eigenvalue weighted by atomic mass is 10.1. The van der Waals surface area contributed by atoms with E-state index in [-0.39, 0.29) is 5.11 Å². The van der Waals surface area contributed by atoms with E-state index < -0.39 is 0 Å². The molecule has 88 valence electrons. The van der Waals surface area contributed by atoms with Crippen molar-refractivity contribution in [1.29, 1.82) is 0 Å². The first-order chi connectivity index (χ1) is 8.22. The van der Waals surface area contributed by atoms with Crippen molar-refractivity contribution in [2.45, 2.75) is 6.61 Å². The number of hydrogen-bond donors (Lipinski definition) is 2. The van der Waals surface area contributed by atoms with E-state index in [1.807, 2.05) is 24.3 Å². The van der Waals surface area contributed by atoms with Crippen molar-refractivity contribution in [2.24, 2.45) is 5.73 Å². The van der Waals surface area contributed by atoms with E-state index in [4.69, 9.17) is 22.7 Å². The molecular formula is C12H13N3OS. The van der Waals surface area contributed by atoms with E-state index >= 15 is 0 Å². The molecule has 1 aromatic heterocycles. The van der Waals surface area contributed by atoms with Gasteiger partial charge in [0.1, 0.15) is 0 Å². The van der Waals surface area contributed by atoms with Crippen LogP contribution in [0.5, 0.6) is 0 Å². The van der Waals surface area contributed by atoms with Gasteiger partial charge >= 0.3 is 0 Å². The highest BCUT2D eigenvalue weighted by Crippen LogP contribution is 2.26. The average molecular weight is 247 g/mol. The molecule has 0 atom stereocenters.